The Hall–Kier alpha value is 0.130. The van der Waals surface area contributed by atoms with Crippen LogP contribution in [0.4, 0.5) is 0 Å². The van der Waals surface area contributed by atoms with Gasteiger partial charge in [0.05, 0.1) is 15.7 Å². The minimum absolute atomic E-state index is 0.273. The first-order valence-electron chi connectivity index (χ1n) is 2.23. The first-order chi connectivity index (χ1) is 2.77. The standard InChI is InChI=1S/C4H8B2/c1-4(6)2-3-5/h4H,2-3H2,1H3. The summed E-state index contributed by atoms with van der Waals surface area (Å²) in [4.78, 5) is 0. The van der Waals surface area contributed by atoms with Crippen LogP contribution in [0, 0.1) is 0 Å². The van der Waals surface area contributed by atoms with Gasteiger partial charge >= 0.3 is 0 Å². The molecule has 0 amide bonds. The molecule has 0 fully saturated rings. The Morgan fingerprint density at radius 2 is 2.17 bits per heavy atom. The third-order valence-corrected chi connectivity index (χ3v) is 0.622. The molecule has 1 atom stereocenters. The van der Waals surface area contributed by atoms with E-state index in [1.54, 1.807) is 0 Å². The van der Waals surface area contributed by atoms with Crippen LogP contribution < -0.4 is 0 Å². The molecule has 0 spiro atoms. The van der Waals surface area contributed by atoms with Crippen LogP contribution in [0.25, 0.3) is 0 Å². The van der Waals surface area contributed by atoms with E-state index in [1.165, 1.54) is 0 Å². The van der Waals surface area contributed by atoms with E-state index < -0.39 is 0 Å². The molecular weight excluding hydrogens is 69.7 g/mol. The van der Waals surface area contributed by atoms with Crippen LogP contribution in [0.3, 0.4) is 0 Å². The molecule has 0 aliphatic heterocycles. The van der Waals surface area contributed by atoms with Crippen molar-refractivity contribution in [2.45, 2.75) is 25.5 Å². The maximum atomic E-state index is 5.32. The van der Waals surface area contributed by atoms with Gasteiger partial charge in [-0.3, -0.25) is 0 Å². The van der Waals surface area contributed by atoms with E-state index in [9.17, 15) is 0 Å². The van der Waals surface area contributed by atoms with Crippen molar-refractivity contribution in [3.8, 4) is 0 Å². The first kappa shape index (κ1) is 6.13. The maximum absolute atomic E-state index is 5.32. The van der Waals surface area contributed by atoms with Crippen LogP contribution in [0.5, 0.6) is 0 Å². The highest BCUT2D eigenvalue weighted by atomic mass is 13.8. The molecule has 0 aliphatic rings. The summed E-state index contributed by atoms with van der Waals surface area (Å²) in [6, 6.07) is 0. The van der Waals surface area contributed by atoms with Gasteiger partial charge in [0.25, 0.3) is 0 Å². The summed E-state index contributed by atoms with van der Waals surface area (Å²) in [5, 5.41) is 0. The van der Waals surface area contributed by atoms with Crippen LogP contribution in [0.15, 0.2) is 0 Å². The lowest BCUT2D eigenvalue weighted by Gasteiger charge is -1.96. The Morgan fingerprint density at radius 1 is 1.67 bits per heavy atom. The SMILES string of the molecule is [B]CCC([B])C. The van der Waals surface area contributed by atoms with Crippen LogP contribution in [0.1, 0.15) is 13.3 Å². The molecule has 0 bridgehead atoms. The Morgan fingerprint density at radius 3 is 2.17 bits per heavy atom. The van der Waals surface area contributed by atoms with Crippen molar-refractivity contribution in [1.82, 2.24) is 0 Å². The number of rotatable bonds is 2. The molecule has 4 radical (unpaired) electrons. The van der Waals surface area contributed by atoms with Crippen LogP contribution >= 0.6 is 0 Å². The van der Waals surface area contributed by atoms with Crippen molar-refractivity contribution in [3.63, 3.8) is 0 Å². The Labute approximate surface area is 42.1 Å². The highest BCUT2D eigenvalue weighted by Crippen LogP contribution is 2.03. The molecule has 0 aromatic heterocycles. The van der Waals surface area contributed by atoms with Gasteiger partial charge in [-0.15, -0.1) is 0 Å². The van der Waals surface area contributed by atoms with Crippen molar-refractivity contribution in [2.24, 2.45) is 0 Å². The highest BCUT2D eigenvalue weighted by Gasteiger charge is 1.85. The van der Waals surface area contributed by atoms with E-state index in [1.807, 2.05) is 6.92 Å². The van der Waals surface area contributed by atoms with Gasteiger partial charge in [0.1, 0.15) is 0 Å². The summed E-state index contributed by atoms with van der Waals surface area (Å²) in [5.41, 5.74) is 0. The number of hydrogen-bond acceptors (Lipinski definition) is 0. The summed E-state index contributed by atoms with van der Waals surface area (Å²) in [7, 11) is 10.5. The Kier molecular flexibility index (Phi) is 3.40. The molecule has 0 saturated carbocycles. The minimum Gasteiger partial charge on any atom is -0.0891 e. The summed E-state index contributed by atoms with van der Waals surface area (Å²) in [6.07, 6.45) is 1.64. The molecule has 0 aromatic rings. The van der Waals surface area contributed by atoms with E-state index in [4.69, 9.17) is 15.7 Å². The second-order valence-electron chi connectivity index (χ2n) is 1.55. The van der Waals surface area contributed by atoms with Crippen molar-refractivity contribution in [1.29, 1.82) is 0 Å². The molecule has 30 valence electrons. The molecule has 0 aromatic carbocycles. The largest absolute Gasteiger partial charge is 0.0891 e. The fraction of sp³-hybridized carbons (Fsp3) is 1.00. The van der Waals surface area contributed by atoms with Gasteiger partial charge in [0.15, 0.2) is 0 Å². The quantitative estimate of drug-likeness (QED) is 0.431. The summed E-state index contributed by atoms with van der Waals surface area (Å²) >= 11 is 0. The maximum Gasteiger partial charge on any atom is 0.0695 e. The van der Waals surface area contributed by atoms with Crippen molar-refractivity contribution in [2.75, 3.05) is 0 Å². The van der Waals surface area contributed by atoms with Gasteiger partial charge in [-0.25, -0.2) is 0 Å². The molecule has 0 heterocycles. The Bertz CT molecular complexity index is 26.7. The van der Waals surface area contributed by atoms with Crippen molar-refractivity contribution < 1.29 is 0 Å². The van der Waals surface area contributed by atoms with Crippen molar-refractivity contribution >= 4 is 15.7 Å². The second-order valence-corrected chi connectivity index (χ2v) is 1.55. The Balaban J connectivity index is 2.63. The molecular formula is C4H8B2. The number of hydrogen-bond donors (Lipinski definition) is 0. The molecule has 6 heavy (non-hydrogen) atoms. The smallest absolute Gasteiger partial charge is 0.0695 e. The van der Waals surface area contributed by atoms with Crippen LogP contribution in [-0.4, -0.2) is 15.7 Å². The molecule has 0 rings (SSSR count). The third-order valence-electron chi connectivity index (χ3n) is 0.622. The molecule has 2 heteroatoms. The van der Waals surface area contributed by atoms with Gasteiger partial charge in [0.2, 0.25) is 0 Å². The van der Waals surface area contributed by atoms with E-state index in [2.05, 4.69) is 0 Å². The average Bonchev–Trinajstić information content (AvgIpc) is 1.35. The van der Waals surface area contributed by atoms with E-state index >= 15 is 0 Å². The first-order valence-corrected chi connectivity index (χ1v) is 2.23. The molecule has 1 unspecified atom stereocenters. The van der Waals surface area contributed by atoms with Gasteiger partial charge in [-0.05, 0) is 0 Å². The normalized spacial score (nSPS) is 14.2. The zero-order valence-corrected chi connectivity index (χ0v) is 4.15. The molecule has 0 N–H and O–H groups in total. The molecule has 0 aliphatic carbocycles. The van der Waals surface area contributed by atoms with Gasteiger partial charge < -0.3 is 0 Å². The average molecular weight is 77.7 g/mol. The van der Waals surface area contributed by atoms with Gasteiger partial charge in [0, 0.05) is 0 Å². The predicted molar refractivity (Wildman–Crippen MR) is 30.4 cm³/mol. The monoisotopic (exact) mass is 78.1 g/mol. The molecule has 0 saturated heterocycles. The topological polar surface area (TPSA) is 0 Å². The lowest BCUT2D eigenvalue weighted by molar-refractivity contribution is 0.878. The van der Waals surface area contributed by atoms with Crippen LogP contribution in [-0.2, 0) is 0 Å². The third kappa shape index (κ3) is 4.13. The van der Waals surface area contributed by atoms with Crippen LogP contribution in [0.2, 0.25) is 12.1 Å². The lowest BCUT2D eigenvalue weighted by atomic mass is 9.82. The molecule has 0 nitrogen and oxygen atoms in total. The fourth-order valence-corrected chi connectivity index (χ4v) is 0.263. The van der Waals surface area contributed by atoms with E-state index in [0.29, 0.717) is 6.32 Å². The summed E-state index contributed by atoms with van der Waals surface area (Å²) in [5.74, 6) is 0.273. The summed E-state index contributed by atoms with van der Waals surface area (Å²) < 4.78 is 0. The van der Waals surface area contributed by atoms with E-state index in [-0.39, 0.29) is 5.82 Å². The summed E-state index contributed by atoms with van der Waals surface area (Å²) in [6.45, 7) is 1.95. The van der Waals surface area contributed by atoms with Gasteiger partial charge in [-0.1, -0.05) is 25.5 Å². The highest BCUT2D eigenvalue weighted by molar-refractivity contribution is 6.13. The predicted octanol–water partition coefficient (Wildman–Crippen LogP) is 0.940. The van der Waals surface area contributed by atoms with Crippen molar-refractivity contribution in [3.05, 3.63) is 0 Å². The second kappa shape index (κ2) is 3.32. The zero-order valence-electron chi connectivity index (χ0n) is 4.15. The fourth-order valence-electron chi connectivity index (χ4n) is 0.263. The minimum atomic E-state index is 0.273. The van der Waals surface area contributed by atoms with E-state index in [0.717, 1.165) is 6.42 Å². The lowest BCUT2D eigenvalue weighted by Crippen LogP contribution is -1.82. The van der Waals surface area contributed by atoms with Gasteiger partial charge in [-0.2, -0.15) is 0 Å². The zero-order chi connectivity index (χ0) is 4.99.